The van der Waals surface area contributed by atoms with E-state index in [0.29, 0.717) is 5.92 Å². The fraction of sp³-hybridized carbons (Fsp3) is 0.600. The number of nitrogens with zero attached hydrogens (tertiary/aromatic N) is 1. The molecule has 0 aliphatic heterocycles. The number of allylic oxidation sites excluding steroid dienone is 2. The first-order chi connectivity index (χ1) is 6.25. The van der Waals surface area contributed by atoms with Crippen LogP contribution in [0.4, 0.5) is 0 Å². The lowest BCUT2D eigenvalue weighted by atomic mass is 9.84. The number of carbonyl (C=O) groups excluding carboxylic acids is 1. The van der Waals surface area contributed by atoms with Crippen LogP contribution >= 0.6 is 0 Å². The van der Waals surface area contributed by atoms with Crippen LogP contribution in [0.2, 0.25) is 0 Å². The minimum absolute atomic E-state index is 0.0571. The molecule has 0 amide bonds. The van der Waals surface area contributed by atoms with Crippen LogP contribution in [0.25, 0.3) is 0 Å². The highest BCUT2D eigenvalue weighted by Crippen LogP contribution is 2.25. The van der Waals surface area contributed by atoms with Crippen LogP contribution in [0, 0.1) is 23.2 Å². The molecule has 0 bridgehead atoms. The van der Waals surface area contributed by atoms with Crippen molar-refractivity contribution >= 4 is 5.97 Å². The normalized spacial score (nSPS) is 26.5. The van der Waals surface area contributed by atoms with E-state index in [2.05, 4.69) is 6.08 Å². The molecule has 0 N–H and O–H groups in total. The number of hydrogen-bond acceptors (Lipinski definition) is 3. The maximum Gasteiger partial charge on any atom is 0.310 e. The second-order valence-electron chi connectivity index (χ2n) is 3.29. The topological polar surface area (TPSA) is 50.1 Å². The van der Waals surface area contributed by atoms with Gasteiger partial charge in [0.15, 0.2) is 6.61 Å². The van der Waals surface area contributed by atoms with Crippen LogP contribution in [0.1, 0.15) is 19.8 Å². The standard InChI is InChI=1S/C10H13NO2/c1-8-4-2-3-5-9(8)10(12)13-7-6-11/h2-3,8-9H,4-5,7H2,1H3. The highest BCUT2D eigenvalue weighted by Gasteiger charge is 2.26. The van der Waals surface area contributed by atoms with Crippen molar-refractivity contribution in [1.82, 2.24) is 0 Å². The number of hydrogen-bond donors (Lipinski definition) is 0. The summed E-state index contributed by atoms with van der Waals surface area (Å²) in [5.74, 6) is 0.0351. The molecule has 1 aliphatic rings. The monoisotopic (exact) mass is 179 g/mol. The summed E-state index contributed by atoms with van der Waals surface area (Å²) in [4.78, 5) is 11.4. The molecule has 3 nitrogen and oxygen atoms in total. The first-order valence-corrected chi connectivity index (χ1v) is 4.44. The van der Waals surface area contributed by atoms with Crippen LogP contribution in [-0.2, 0) is 9.53 Å². The Kier molecular flexibility index (Phi) is 3.51. The number of carbonyl (C=O) groups is 1. The maximum absolute atomic E-state index is 11.4. The summed E-state index contributed by atoms with van der Waals surface area (Å²) in [6, 6.07) is 1.79. The van der Waals surface area contributed by atoms with Gasteiger partial charge < -0.3 is 4.74 Å². The van der Waals surface area contributed by atoms with Crippen LogP contribution in [0.15, 0.2) is 12.2 Å². The minimum Gasteiger partial charge on any atom is -0.450 e. The Morgan fingerprint density at radius 2 is 2.31 bits per heavy atom. The van der Waals surface area contributed by atoms with E-state index >= 15 is 0 Å². The quantitative estimate of drug-likeness (QED) is 0.478. The van der Waals surface area contributed by atoms with Crippen molar-refractivity contribution in [2.24, 2.45) is 11.8 Å². The van der Waals surface area contributed by atoms with Crippen molar-refractivity contribution in [3.8, 4) is 6.07 Å². The van der Waals surface area contributed by atoms with Crippen LogP contribution < -0.4 is 0 Å². The molecular weight excluding hydrogens is 166 g/mol. The van der Waals surface area contributed by atoms with Crippen LogP contribution in [-0.4, -0.2) is 12.6 Å². The highest BCUT2D eigenvalue weighted by molar-refractivity contribution is 5.73. The zero-order valence-corrected chi connectivity index (χ0v) is 7.69. The Balaban J connectivity index is 2.46. The highest BCUT2D eigenvalue weighted by atomic mass is 16.5. The Bertz CT molecular complexity index is 252. The van der Waals surface area contributed by atoms with E-state index in [0.717, 1.165) is 12.8 Å². The molecule has 3 heteroatoms. The van der Waals surface area contributed by atoms with Gasteiger partial charge in [-0.2, -0.15) is 5.26 Å². The molecule has 0 saturated carbocycles. The smallest absolute Gasteiger partial charge is 0.310 e. The predicted molar refractivity (Wildman–Crippen MR) is 47.6 cm³/mol. The minimum atomic E-state index is -0.238. The fourth-order valence-electron chi connectivity index (χ4n) is 1.49. The van der Waals surface area contributed by atoms with Crippen LogP contribution in [0.3, 0.4) is 0 Å². The molecule has 0 fully saturated rings. The fourth-order valence-corrected chi connectivity index (χ4v) is 1.49. The van der Waals surface area contributed by atoms with Crippen molar-refractivity contribution in [1.29, 1.82) is 5.26 Å². The molecule has 0 radical (unpaired) electrons. The van der Waals surface area contributed by atoms with Crippen molar-refractivity contribution in [2.45, 2.75) is 19.8 Å². The van der Waals surface area contributed by atoms with Gasteiger partial charge in [-0.25, -0.2) is 0 Å². The average molecular weight is 179 g/mol. The van der Waals surface area contributed by atoms with E-state index < -0.39 is 0 Å². The summed E-state index contributed by atoms with van der Waals surface area (Å²) in [5, 5.41) is 8.24. The number of esters is 1. The third-order valence-corrected chi connectivity index (χ3v) is 2.33. The average Bonchev–Trinajstić information content (AvgIpc) is 2.15. The second-order valence-corrected chi connectivity index (χ2v) is 3.29. The zero-order valence-electron chi connectivity index (χ0n) is 7.69. The van der Waals surface area contributed by atoms with Crippen molar-refractivity contribution in [3.05, 3.63) is 12.2 Å². The maximum atomic E-state index is 11.4. The first-order valence-electron chi connectivity index (χ1n) is 4.44. The van der Waals surface area contributed by atoms with Crippen molar-refractivity contribution < 1.29 is 9.53 Å². The van der Waals surface area contributed by atoms with E-state index in [9.17, 15) is 4.79 Å². The van der Waals surface area contributed by atoms with Gasteiger partial charge in [-0.3, -0.25) is 4.79 Å². The Labute approximate surface area is 78.0 Å². The molecule has 1 rings (SSSR count). The van der Waals surface area contributed by atoms with E-state index in [1.807, 2.05) is 13.0 Å². The molecular formula is C10H13NO2. The molecule has 2 atom stereocenters. The summed E-state index contributed by atoms with van der Waals surface area (Å²) in [5.41, 5.74) is 0. The first kappa shape index (κ1) is 9.79. The second kappa shape index (κ2) is 4.66. The van der Waals surface area contributed by atoms with Crippen molar-refractivity contribution in [2.75, 3.05) is 6.61 Å². The largest absolute Gasteiger partial charge is 0.450 e. The summed E-state index contributed by atoms with van der Waals surface area (Å²) >= 11 is 0. The zero-order chi connectivity index (χ0) is 9.68. The number of rotatable bonds is 2. The van der Waals surface area contributed by atoms with Crippen LogP contribution in [0.5, 0.6) is 0 Å². The lowest BCUT2D eigenvalue weighted by Gasteiger charge is -2.22. The van der Waals surface area contributed by atoms with Gasteiger partial charge in [0, 0.05) is 0 Å². The van der Waals surface area contributed by atoms with Crippen molar-refractivity contribution in [3.63, 3.8) is 0 Å². The van der Waals surface area contributed by atoms with Gasteiger partial charge in [-0.05, 0) is 18.8 Å². The van der Waals surface area contributed by atoms with Gasteiger partial charge in [0.05, 0.1) is 5.92 Å². The molecule has 13 heavy (non-hydrogen) atoms. The number of ether oxygens (including phenoxy) is 1. The third-order valence-electron chi connectivity index (χ3n) is 2.33. The molecule has 1 aliphatic carbocycles. The third kappa shape index (κ3) is 2.59. The van der Waals surface area contributed by atoms with Gasteiger partial charge in [0.1, 0.15) is 6.07 Å². The molecule has 70 valence electrons. The predicted octanol–water partition coefficient (Wildman–Crippen LogP) is 1.66. The summed E-state index contributed by atoms with van der Waals surface area (Å²) in [7, 11) is 0. The molecule has 0 aromatic carbocycles. The molecule has 0 aromatic rings. The Morgan fingerprint density at radius 3 is 2.92 bits per heavy atom. The number of nitriles is 1. The summed E-state index contributed by atoms with van der Waals surface area (Å²) in [6.45, 7) is 1.90. The SMILES string of the molecule is CC1CC=CCC1C(=O)OCC#N. The van der Waals surface area contributed by atoms with Gasteiger partial charge in [0.25, 0.3) is 0 Å². The van der Waals surface area contributed by atoms with E-state index in [-0.39, 0.29) is 18.5 Å². The molecule has 0 saturated heterocycles. The van der Waals surface area contributed by atoms with Gasteiger partial charge in [0.2, 0.25) is 0 Å². The lowest BCUT2D eigenvalue weighted by Crippen LogP contribution is -2.25. The van der Waals surface area contributed by atoms with E-state index in [1.165, 1.54) is 0 Å². The van der Waals surface area contributed by atoms with Gasteiger partial charge in [-0.15, -0.1) is 0 Å². The Hall–Kier alpha value is -1.30. The Morgan fingerprint density at radius 1 is 1.62 bits per heavy atom. The molecule has 0 heterocycles. The molecule has 0 aromatic heterocycles. The molecule has 0 spiro atoms. The summed E-state index contributed by atoms with van der Waals surface area (Å²) < 4.78 is 4.77. The summed E-state index contributed by atoms with van der Waals surface area (Å²) in [6.07, 6.45) is 5.74. The van der Waals surface area contributed by atoms with Gasteiger partial charge >= 0.3 is 5.97 Å². The van der Waals surface area contributed by atoms with E-state index in [1.54, 1.807) is 6.07 Å². The molecule has 2 unspecified atom stereocenters. The van der Waals surface area contributed by atoms with E-state index in [4.69, 9.17) is 10.00 Å². The van der Waals surface area contributed by atoms with Gasteiger partial charge in [-0.1, -0.05) is 19.1 Å². The lowest BCUT2D eigenvalue weighted by molar-refractivity contribution is -0.148.